The molecule has 32 heavy (non-hydrogen) atoms. The molecule has 1 aromatic carbocycles. The molecule has 7 nitrogen and oxygen atoms in total. The number of benzene rings is 1. The second kappa shape index (κ2) is 9.83. The Bertz CT molecular complexity index is 942. The fourth-order valence-electron chi connectivity index (χ4n) is 5.36. The van der Waals surface area contributed by atoms with Crippen LogP contribution in [0.4, 0.5) is 5.95 Å². The average molecular weight is 456 g/mol. The van der Waals surface area contributed by atoms with Gasteiger partial charge < -0.3 is 14.5 Å². The van der Waals surface area contributed by atoms with E-state index in [1.54, 1.807) is 0 Å². The Balaban J connectivity index is 1.32. The van der Waals surface area contributed by atoms with Crippen molar-refractivity contribution in [3.05, 3.63) is 29.8 Å². The molecule has 172 valence electrons. The molecule has 0 bridgehead atoms. The third-order valence-corrected chi connectivity index (χ3v) is 8.05. The van der Waals surface area contributed by atoms with Crippen LogP contribution in [0.3, 0.4) is 0 Å². The predicted molar refractivity (Wildman–Crippen MR) is 126 cm³/mol. The first-order valence-electron chi connectivity index (χ1n) is 11.9. The normalized spacial score (nSPS) is 23.8. The molecule has 1 amide bonds. The van der Waals surface area contributed by atoms with Crippen LogP contribution in [0.2, 0.25) is 0 Å². The summed E-state index contributed by atoms with van der Waals surface area (Å²) in [6.45, 7) is 6.91. The van der Waals surface area contributed by atoms with E-state index in [-0.39, 0.29) is 5.91 Å². The van der Waals surface area contributed by atoms with Gasteiger partial charge in [-0.15, -0.1) is 10.2 Å². The monoisotopic (exact) mass is 455 g/mol. The third kappa shape index (κ3) is 4.66. The molecule has 5 rings (SSSR count). The molecule has 1 aromatic heterocycles. The first kappa shape index (κ1) is 21.8. The molecular weight excluding hydrogens is 422 g/mol. The van der Waals surface area contributed by atoms with Crippen LogP contribution in [0.15, 0.2) is 29.4 Å². The van der Waals surface area contributed by atoms with E-state index >= 15 is 0 Å². The summed E-state index contributed by atoms with van der Waals surface area (Å²) in [5.41, 5.74) is 2.22. The van der Waals surface area contributed by atoms with Crippen LogP contribution in [-0.4, -0.2) is 70.7 Å². The first-order chi connectivity index (χ1) is 15.7. The van der Waals surface area contributed by atoms with E-state index in [1.807, 2.05) is 0 Å². The molecule has 3 aliphatic rings. The van der Waals surface area contributed by atoms with Crippen LogP contribution in [0.1, 0.15) is 37.7 Å². The first-order valence-corrected chi connectivity index (χ1v) is 12.9. The zero-order chi connectivity index (χ0) is 21.9. The second-order valence-corrected chi connectivity index (χ2v) is 10.2. The van der Waals surface area contributed by atoms with Gasteiger partial charge in [-0.1, -0.05) is 43.2 Å². The number of nitrogens with zero attached hydrogens (tertiary/aromatic N) is 5. The van der Waals surface area contributed by atoms with Crippen LogP contribution in [-0.2, 0) is 9.53 Å². The number of likely N-dealkylation sites (tertiary alicyclic amines) is 1. The minimum absolute atomic E-state index is 0.228. The Morgan fingerprint density at radius 2 is 1.91 bits per heavy atom. The van der Waals surface area contributed by atoms with Gasteiger partial charge in [0.2, 0.25) is 11.9 Å². The Morgan fingerprint density at radius 3 is 2.72 bits per heavy atom. The number of morpholine rings is 1. The van der Waals surface area contributed by atoms with Crippen molar-refractivity contribution in [2.45, 2.75) is 44.2 Å². The van der Waals surface area contributed by atoms with Gasteiger partial charge in [-0.05, 0) is 49.3 Å². The maximum Gasteiger partial charge on any atom is 0.233 e. The number of aromatic nitrogens is 3. The van der Waals surface area contributed by atoms with Crippen molar-refractivity contribution in [3.63, 3.8) is 0 Å². The van der Waals surface area contributed by atoms with Crippen LogP contribution in [0, 0.1) is 18.8 Å². The molecule has 2 aromatic rings. The summed E-state index contributed by atoms with van der Waals surface area (Å²) in [5, 5.41) is 9.81. The van der Waals surface area contributed by atoms with Crippen molar-refractivity contribution in [2.24, 2.45) is 11.8 Å². The average Bonchev–Trinajstić information content (AvgIpc) is 3.27. The summed E-state index contributed by atoms with van der Waals surface area (Å²) in [7, 11) is 0. The molecule has 2 atom stereocenters. The summed E-state index contributed by atoms with van der Waals surface area (Å²) in [4.78, 5) is 17.4. The van der Waals surface area contributed by atoms with Gasteiger partial charge in [-0.2, -0.15) is 0 Å². The van der Waals surface area contributed by atoms with Gasteiger partial charge in [0.15, 0.2) is 5.16 Å². The molecule has 0 radical (unpaired) electrons. The van der Waals surface area contributed by atoms with E-state index in [1.165, 1.54) is 49.4 Å². The van der Waals surface area contributed by atoms with Gasteiger partial charge in [0.05, 0.1) is 24.7 Å². The number of hydrogen-bond acceptors (Lipinski definition) is 6. The number of ether oxygens (including phenoxy) is 1. The number of hydrogen-bond donors (Lipinski definition) is 0. The molecule has 8 heteroatoms. The fraction of sp³-hybridized carbons (Fsp3) is 0.625. The van der Waals surface area contributed by atoms with E-state index in [0.29, 0.717) is 24.9 Å². The van der Waals surface area contributed by atoms with Gasteiger partial charge >= 0.3 is 0 Å². The standard InChI is InChI=1S/C24H33N5O2S/c1-18-5-4-8-21(15-18)29-23(27-11-13-31-14-12-27)25-26-24(29)32-17-22(30)28-10-9-19-6-2-3-7-20(19)16-28/h4-5,8,15,19-20H,2-3,6-7,9-14,16-17H2,1H3/t19-,20+/m1/s1. The Hall–Kier alpha value is -2.06. The quantitative estimate of drug-likeness (QED) is 0.643. The predicted octanol–water partition coefficient (Wildman–Crippen LogP) is 3.54. The number of anilines is 1. The number of fused-ring (bicyclic) bond motifs is 1. The molecule has 1 aliphatic carbocycles. The molecule has 0 N–H and O–H groups in total. The third-order valence-electron chi connectivity index (χ3n) is 7.14. The molecular formula is C24H33N5O2S. The lowest BCUT2D eigenvalue weighted by Crippen LogP contribution is -2.45. The second-order valence-electron chi connectivity index (χ2n) is 9.28. The molecule has 2 aliphatic heterocycles. The SMILES string of the molecule is Cc1cccc(-n2c(SCC(=O)N3CC[C@H]4CCCC[C@H]4C3)nnc2N2CCOCC2)c1. The number of thioether (sulfide) groups is 1. The van der Waals surface area contributed by atoms with Crippen LogP contribution in [0.5, 0.6) is 0 Å². The van der Waals surface area contributed by atoms with Crippen LogP contribution < -0.4 is 4.90 Å². The number of carbonyl (C=O) groups is 1. The van der Waals surface area contributed by atoms with Gasteiger partial charge in [0.25, 0.3) is 0 Å². The van der Waals surface area contributed by atoms with Crippen molar-refractivity contribution >= 4 is 23.6 Å². The Kier molecular flexibility index (Phi) is 6.69. The number of piperidine rings is 1. The zero-order valence-electron chi connectivity index (χ0n) is 18.9. The minimum Gasteiger partial charge on any atom is -0.378 e. The number of amides is 1. The highest BCUT2D eigenvalue weighted by Gasteiger charge is 2.33. The summed E-state index contributed by atoms with van der Waals surface area (Å²) in [6.07, 6.45) is 6.49. The maximum atomic E-state index is 13.1. The summed E-state index contributed by atoms with van der Waals surface area (Å²) < 4.78 is 7.62. The number of carbonyl (C=O) groups excluding carboxylic acids is 1. The highest BCUT2D eigenvalue weighted by atomic mass is 32.2. The molecule has 3 fully saturated rings. The largest absolute Gasteiger partial charge is 0.378 e. The molecule has 1 saturated carbocycles. The Morgan fingerprint density at radius 1 is 1.09 bits per heavy atom. The fourth-order valence-corrected chi connectivity index (χ4v) is 6.21. The van der Waals surface area contributed by atoms with E-state index in [2.05, 4.69) is 55.8 Å². The lowest BCUT2D eigenvalue weighted by molar-refractivity contribution is -0.131. The van der Waals surface area contributed by atoms with E-state index in [0.717, 1.165) is 48.9 Å². The topological polar surface area (TPSA) is 63.5 Å². The van der Waals surface area contributed by atoms with Crippen LogP contribution >= 0.6 is 11.8 Å². The smallest absolute Gasteiger partial charge is 0.233 e. The Labute approximate surface area is 194 Å². The van der Waals surface area contributed by atoms with Crippen molar-refractivity contribution < 1.29 is 9.53 Å². The molecule has 3 heterocycles. The van der Waals surface area contributed by atoms with Gasteiger partial charge in [0, 0.05) is 26.2 Å². The summed E-state index contributed by atoms with van der Waals surface area (Å²) >= 11 is 1.50. The maximum absolute atomic E-state index is 13.1. The van der Waals surface area contributed by atoms with Gasteiger partial charge in [0.1, 0.15) is 0 Å². The van der Waals surface area contributed by atoms with E-state index in [4.69, 9.17) is 4.74 Å². The van der Waals surface area contributed by atoms with Crippen molar-refractivity contribution in [3.8, 4) is 5.69 Å². The zero-order valence-corrected chi connectivity index (χ0v) is 19.7. The van der Waals surface area contributed by atoms with Crippen molar-refractivity contribution in [2.75, 3.05) is 50.0 Å². The molecule has 0 unspecified atom stereocenters. The lowest BCUT2D eigenvalue weighted by Gasteiger charge is -2.41. The summed E-state index contributed by atoms with van der Waals surface area (Å²) in [6, 6.07) is 8.38. The van der Waals surface area contributed by atoms with E-state index in [9.17, 15) is 4.79 Å². The van der Waals surface area contributed by atoms with E-state index < -0.39 is 0 Å². The highest BCUT2D eigenvalue weighted by Crippen LogP contribution is 2.36. The lowest BCUT2D eigenvalue weighted by atomic mass is 9.75. The number of rotatable bonds is 5. The van der Waals surface area contributed by atoms with Crippen LogP contribution in [0.25, 0.3) is 5.69 Å². The van der Waals surface area contributed by atoms with Crippen molar-refractivity contribution in [1.29, 1.82) is 0 Å². The molecule has 0 spiro atoms. The molecule has 2 saturated heterocycles. The summed E-state index contributed by atoms with van der Waals surface area (Å²) in [5.74, 6) is 3.00. The highest BCUT2D eigenvalue weighted by molar-refractivity contribution is 7.99. The van der Waals surface area contributed by atoms with Gasteiger partial charge in [-0.25, -0.2) is 0 Å². The van der Waals surface area contributed by atoms with Gasteiger partial charge in [-0.3, -0.25) is 9.36 Å². The minimum atomic E-state index is 0.228. The number of aryl methyl sites for hydroxylation is 1. The van der Waals surface area contributed by atoms with Crippen molar-refractivity contribution in [1.82, 2.24) is 19.7 Å².